The third-order valence-corrected chi connectivity index (χ3v) is 7.57. The molecule has 2 aliphatic heterocycles. The van der Waals surface area contributed by atoms with Gasteiger partial charge < -0.3 is 5.32 Å². The molecule has 0 unspecified atom stereocenters. The van der Waals surface area contributed by atoms with Gasteiger partial charge in [0.25, 0.3) is 10.0 Å². The van der Waals surface area contributed by atoms with E-state index < -0.39 is 16.1 Å². The van der Waals surface area contributed by atoms with Crippen molar-refractivity contribution < 1.29 is 13.2 Å². The molecule has 1 fully saturated rings. The van der Waals surface area contributed by atoms with Gasteiger partial charge in [-0.1, -0.05) is 37.3 Å². The zero-order valence-electron chi connectivity index (χ0n) is 15.1. The van der Waals surface area contributed by atoms with Gasteiger partial charge in [0.2, 0.25) is 5.91 Å². The Morgan fingerprint density at radius 2 is 1.85 bits per heavy atom. The summed E-state index contributed by atoms with van der Waals surface area (Å²) in [7, 11) is -3.79. The molecule has 0 spiro atoms. The lowest BCUT2D eigenvalue weighted by Crippen LogP contribution is -2.50. The first-order valence-corrected chi connectivity index (χ1v) is 10.2. The standard InChI is InChI=1S/C20H22N2O3S/c1-12-8-9-13(2)18(10-12)26(24,25)22-16-7-5-4-6-15(16)14(3)19-17(22)11-21-20(19)23/h4-10,14,17,19H,11H2,1-3H3,(H,21,23)/t14-,17+,19+/m0/s1. The summed E-state index contributed by atoms with van der Waals surface area (Å²) in [6.45, 7) is 6.03. The summed E-state index contributed by atoms with van der Waals surface area (Å²) in [5.74, 6) is -0.466. The molecule has 1 N–H and O–H groups in total. The average Bonchev–Trinajstić information content (AvgIpc) is 2.99. The molecule has 0 saturated carbocycles. The topological polar surface area (TPSA) is 66.5 Å². The van der Waals surface area contributed by atoms with Crippen LogP contribution in [0.5, 0.6) is 0 Å². The number of sulfonamides is 1. The van der Waals surface area contributed by atoms with Crippen LogP contribution in [-0.2, 0) is 14.8 Å². The van der Waals surface area contributed by atoms with Crippen molar-refractivity contribution in [3.63, 3.8) is 0 Å². The molecule has 136 valence electrons. The van der Waals surface area contributed by atoms with E-state index in [4.69, 9.17) is 0 Å². The molecule has 26 heavy (non-hydrogen) atoms. The van der Waals surface area contributed by atoms with Crippen molar-refractivity contribution in [3.05, 3.63) is 59.2 Å². The number of benzene rings is 2. The second-order valence-electron chi connectivity index (χ2n) is 7.26. The molecule has 2 aromatic rings. The van der Waals surface area contributed by atoms with Crippen LogP contribution in [0.3, 0.4) is 0 Å². The van der Waals surface area contributed by atoms with Gasteiger partial charge in [-0.15, -0.1) is 0 Å². The average molecular weight is 370 g/mol. The van der Waals surface area contributed by atoms with Gasteiger partial charge in [0, 0.05) is 6.54 Å². The fraction of sp³-hybridized carbons (Fsp3) is 0.350. The smallest absolute Gasteiger partial charge is 0.264 e. The number of para-hydroxylation sites is 1. The Morgan fingerprint density at radius 3 is 2.62 bits per heavy atom. The van der Waals surface area contributed by atoms with Crippen LogP contribution in [0.4, 0.5) is 5.69 Å². The van der Waals surface area contributed by atoms with Crippen LogP contribution in [0.15, 0.2) is 47.4 Å². The minimum atomic E-state index is -3.79. The van der Waals surface area contributed by atoms with Crippen LogP contribution in [-0.4, -0.2) is 26.9 Å². The van der Waals surface area contributed by atoms with Gasteiger partial charge in [-0.3, -0.25) is 9.10 Å². The summed E-state index contributed by atoms with van der Waals surface area (Å²) in [6, 6.07) is 12.6. The number of carbonyl (C=O) groups is 1. The van der Waals surface area contributed by atoms with Crippen LogP contribution < -0.4 is 9.62 Å². The highest BCUT2D eigenvalue weighted by atomic mass is 32.2. The Hall–Kier alpha value is -2.34. The highest BCUT2D eigenvalue weighted by Gasteiger charge is 2.50. The summed E-state index contributed by atoms with van der Waals surface area (Å²) in [6.07, 6.45) is 0. The highest BCUT2D eigenvalue weighted by molar-refractivity contribution is 7.93. The molecule has 0 aromatic heterocycles. The summed E-state index contributed by atoms with van der Waals surface area (Å²) < 4.78 is 28.8. The van der Waals surface area contributed by atoms with Crippen molar-refractivity contribution in [1.82, 2.24) is 5.32 Å². The van der Waals surface area contributed by atoms with E-state index in [2.05, 4.69) is 5.32 Å². The maximum atomic E-state index is 13.7. The van der Waals surface area contributed by atoms with Crippen LogP contribution in [0.2, 0.25) is 0 Å². The Bertz CT molecular complexity index is 1000. The van der Waals surface area contributed by atoms with E-state index in [0.717, 1.165) is 11.1 Å². The lowest BCUT2D eigenvalue weighted by molar-refractivity contribution is -0.123. The van der Waals surface area contributed by atoms with Gasteiger partial charge in [0.1, 0.15) is 0 Å². The van der Waals surface area contributed by atoms with E-state index in [-0.39, 0.29) is 17.7 Å². The third-order valence-electron chi connectivity index (χ3n) is 5.59. The molecule has 2 aromatic carbocycles. The van der Waals surface area contributed by atoms with E-state index in [0.29, 0.717) is 22.7 Å². The SMILES string of the molecule is Cc1ccc(C)c(S(=O)(=O)N2c3ccccc3[C@H](C)[C@H]3C(=O)NC[C@H]32)c1. The zero-order valence-corrected chi connectivity index (χ0v) is 15.9. The van der Waals surface area contributed by atoms with Gasteiger partial charge in [0.15, 0.2) is 0 Å². The molecule has 5 nitrogen and oxygen atoms in total. The number of fused-ring (bicyclic) bond motifs is 2. The normalized spacial score (nSPS) is 24.8. The molecule has 0 radical (unpaired) electrons. The molecule has 3 atom stereocenters. The molecular weight excluding hydrogens is 348 g/mol. The number of amides is 1. The molecule has 4 rings (SSSR count). The number of nitrogens with one attached hydrogen (secondary N) is 1. The fourth-order valence-electron chi connectivity index (χ4n) is 4.26. The Morgan fingerprint density at radius 1 is 1.12 bits per heavy atom. The lowest BCUT2D eigenvalue weighted by Gasteiger charge is -2.41. The van der Waals surface area contributed by atoms with Crippen molar-refractivity contribution in [3.8, 4) is 0 Å². The number of rotatable bonds is 2. The number of nitrogens with zero attached hydrogens (tertiary/aromatic N) is 1. The third kappa shape index (κ3) is 2.35. The minimum absolute atomic E-state index is 0.0243. The van der Waals surface area contributed by atoms with Crippen LogP contribution in [0.25, 0.3) is 0 Å². The highest BCUT2D eigenvalue weighted by Crippen LogP contribution is 2.46. The second kappa shape index (κ2) is 5.84. The Kier molecular flexibility index (Phi) is 3.84. The van der Waals surface area contributed by atoms with Crippen molar-refractivity contribution in [1.29, 1.82) is 0 Å². The Balaban J connectivity index is 1.95. The molecule has 0 bridgehead atoms. The van der Waals surface area contributed by atoms with E-state index in [9.17, 15) is 13.2 Å². The predicted molar refractivity (Wildman–Crippen MR) is 101 cm³/mol. The van der Waals surface area contributed by atoms with Crippen molar-refractivity contribution >= 4 is 21.6 Å². The van der Waals surface area contributed by atoms with E-state index in [1.165, 1.54) is 4.31 Å². The van der Waals surface area contributed by atoms with E-state index in [1.807, 2.05) is 50.2 Å². The molecule has 2 aliphatic rings. The number of hydrogen-bond acceptors (Lipinski definition) is 3. The maximum Gasteiger partial charge on any atom is 0.264 e. The predicted octanol–water partition coefficient (Wildman–Crippen LogP) is 2.73. The number of hydrogen-bond donors (Lipinski definition) is 1. The lowest BCUT2D eigenvalue weighted by atomic mass is 9.80. The largest absolute Gasteiger partial charge is 0.354 e. The number of anilines is 1. The molecule has 0 aliphatic carbocycles. The van der Waals surface area contributed by atoms with Gasteiger partial charge >= 0.3 is 0 Å². The zero-order chi connectivity index (χ0) is 18.6. The van der Waals surface area contributed by atoms with Gasteiger partial charge in [0.05, 0.1) is 22.5 Å². The maximum absolute atomic E-state index is 13.7. The van der Waals surface area contributed by atoms with E-state index in [1.54, 1.807) is 13.0 Å². The van der Waals surface area contributed by atoms with Gasteiger partial charge in [-0.05, 0) is 48.6 Å². The second-order valence-corrected chi connectivity index (χ2v) is 9.04. The molecule has 1 amide bonds. The molecule has 6 heteroatoms. The summed E-state index contributed by atoms with van der Waals surface area (Å²) in [5, 5.41) is 2.86. The van der Waals surface area contributed by atoms with Crippen LogP contribution >= 0.6 is 0 Å². The molecular formula is C20H22N2O3S. The van der Waals surface area contributed by atoms with Crippen molar-refractivity contribution in [2.75, 3.05) is 10.8 Å². The van der Waals surface area contributed by atoms with Crippen LogP contribution in [0.1, 0.15) is 29.5 Å². The van der Waals surface area contributed by atoms with E-state index >= 15 is 0 Å². The van der Waals surface area contributed by atoms with Crippen molar-refractivity contribution in [2.45, 2.75) is 37.6 Å². The molecule has 2 heterocycles. The van der Waals surface area contributed by atoms with Gasteiger partial charge in [-0.2, -0.15) is 0 Å². The summed E-state index contributed by atoms with van der Waals surface area (Å²) in [4.78, 5) is 12.7. The number of carbonyl (C=O) groups excluding carboxylic acids is 1. The number of aryl methyl sites for hydroxylation is 2. The quantitative estimate of drug-likeness (QED) is 0.884. The van der Waals surface area contributed by atoms with Crippen LogP contribution in [0, 0.1) is 19.8 Å². The minimum Gasteiger partial charge on any atom is -0.354 e. The Labute approximate surface area is 154 Å². The van der Waals surface area contributed by atoms with Gasteiger partial charge in [-0.25, -0.2) is 8.42 Å². The first kappa shape index (κ1) is 17.1. The first-order chi connectivity index (χ1) is 12.3. The first-order valence-electron chi connectivity index (χ1n) is 8.80. The fourth-order valence-corrected chi connectivity index (χ4v) is 6.27. The molecule has 1 saturated heterocycles. The monoisotopic (exact) mass is 370 g/mol. The van der Waals surface area contributed by atoms with Crippen molar-refractivity contribution in [2.24, 2.45) is 5.92 Å². The summed E-state index contributed by atoms with van der Waals surface area (Å²) in [5.41, 5.74) is 3.18. The summed E-state index contributed by atoms with van der Waals surface area (Å²) >= 11 is 0.